The molecule has 3 heterocycles. The van der Waals surface area contributed by atoms with Crippen LogP contribution in [0.2, 0.25) is 0 Å². The summed E-state index contributed by atoms with van der Waals surface area (Å²) in [5.41, 5.74) is 7.06. The van der Waals surface area contributed by atoms with Gasteiger partial charge in [0.05, 0.1) is 6.10 Å². The SMILES string of the molecule is Cc1ccc([C@@H](O)CCCN2CC[C@H]3[C@@H](C2)c2cccc4c2N3CCC4)cc1. The zero-order chi connectivity index (χ0) is 19.1. The van der Waals surface area contributed by atoms with Gasteiger partial charge >= 0.3 is 0 Å². The number of anilines is 1. The fourth-order valence-electron chi connectivity index (χ4n) is 5.70. The van der Waals surface area contributed by atoms with Crippen LogP contribution in [0.15, 0.2) is 42.5 Å². The number of nitrogens with zero attached hydrogens (tertiary/aromatic N) is 2. The summed E-state index contributed by atoms with van der Waals surface area (Å²) >= 11 is 0. The largest absolute Gasteiger partial charge is 0.388 e. The number of aliphatic hydroxyl groups is 1. The monoisotopic (exact) mass is 376 g/mol. The van der Waals surface area contributed by atoms with Gasteiger partial charge in [-0.2, -0.15) is 0 Å². The third kappa shape index (κ3) is 3.25. The first-order chi connectivity index (χ1) is 13.7. The first-order valence-electron chi connectivity index (χ1n) is 11.1. The second kappa shape index (κ2) is 7.53. The Morgan fingerprint density at radius 3 is 2.82 bits per heavy atom. The van der Waals surface area contributed by atoms with Crippen molar-refractivity contribution in [3.63, 3.8) is 0 Å². The van der Waals surface area contributed by atoms with Crippen LogP contribution < -0.4 is 4.90 Å². The Morgan fingerprint density at radius 1 is 1.11 bits per heavy atom. The van der Waals surface area contributed by atoms with E-state index in [1.54, 1.807) is 16.8 Å². The van der Waals surface area contributed by atoms with Crippen molar-refractivity contribution >= 4 is 5.69 Å². The molecule has 3 nitrogen and oxygen atoms in total. The van der Waals surface area contributed by atoms with Crippen molar-refractivity contribution in [1.82, 2.24) is 4.90 Å². The highest BCUT2D eigenvalue weighted by molar-refractivity contribution is 5.68. The van der Waals surface area contributed by atoms with Crippen LogP contribution in [0.1, 0.15) is 60.0 Å². The van der Waals surface area contributed by atoms with Crippen LogP contribution in [0.5, 0.6) is 0 Å². The second-order valence-electron chi connectivity index (χ2n) is 8.98. The normalized spacial score (nSPS) is 24.7. The van der Waals surface area contributed by atoms with Crippen LogP contribution in [0.3, 0.4) is 0 Å². The van der Waals surface area contributed by atoms with Crippen LogP contribution >= 0.6 is 0 Å². The van der Waals surface area contributed by atoms with Crippen molar-refractivity contribution in [2.45, 2.75) is 57.1 Å². The lowest BCUT2D eigenvalue weighted by Gasteiger charge is -2.40. The third-order valence-corrected chi connectivity index (χ3v) is 7.16. The van der Waals surface area contributed by atoms with Crippen LogP contribution in [-0.2, 0) is 6.42 Å². The molecule has 0 bridgehead atoms. The number of hydrogen-bond acceptors (Lipinski definition) is 3. The van der Waals surface area contributed by atoms with Gasteiger partial charge in [0.2, 0.25) is 0 Å². The zero-order valence-corrected chi connectivity index (χ0v) is 17.0. The number of aryl methyl sites for hydroxylation is 2. The summed E-state index contributed by atoms with van der Waals surface area (Å²) in [7, 11) is 0. The fourth-order valence-corrected chi connectivity index (χ4v) is 5.70. The van der Waals surface area contributed by atoms with E-state index in [0.29, 0.717) is 12.0 Å². The van der Waals surface area contributed by atoms with Gasteiger partial charge in [0.15, 0.2) is 0 Å². The van der Waals surface area contributed by atoms with Gasteiger partial charge in [0, 0.05) is 37.3 Å². The van der Waals surface area contributed by atoms with Crippen LogP contribution in [0, 0.1) is 6.92 Å². The molecule has 0 spiro atoms. The summed E-state index contributed by atoms with van der Waals surface area (Å²) in [4.78, 5) is 5.37. The molecule has 28 heavy (non-hydrogen) atoms. The number of rotatable bonds is 5. The smallest absolute Gasteiger partial charge is 0.0790 e. The van der Waals surface area contributed by atoms with Gasteiger partial charge in [-0.15, -0.1) is 0 Å². The van der Waals surface area contributed by atoms with Gasteiger partial charge in [-0.1, -0.05) is 48.0 Å². The van der Waals surface area contributed by atoms with E-state index < -0.39 is 0 Å². The Kier molecular flexibility index (Phi) is 4.90. The number of para-hydroxylation sites is 1. The van der Waals surface area contributed by atoms with Crippen LogP contribution in [-0.4, -0.2) is 42.2 Å². The van der Waals surface area contributed by atoms with E-state index in [9.17, 15) is 5.11 Å². The Balaban J connectivity index is 1.20. The molecule has 1 N–H and O–H groups in total. The molecule has 148 valence electrons. The summed E-state index contributed by atoms with van der Waals surface area (Å²) in [6.07, 6.45) is 5.40. The molecule has 0 aliphatic carbocycles. The molecule has 3 heteroatoms. The highest BCUT2D eigenvalue weighted by Crippen LogP contribution is 2.48. The van der Waals surface area contributed by atoms with Gasteiger partial charge in [-0.05, 0) is 62.3 Å². The molecule has 1 fully saturated rings. The Labute approximate surface area is 169 Å². The standard InChI is InChI=1S/C25H32N2O/c1-18-9-11-19(12-10-18)24(28)8-4-14-26-16-13-23-22(17-26)21-7-2-5-20-6-3-15-27(23)25(20)21/h2,5,7,9-12,22-24,28H,3-4,6,8,13-17H2,1H3/t22-,23-,24-/m0/s1. The molecule has 5 rings (SSSR count). The van der Waals surface area contributed by atoms with E-state index in [0.717, 1.165) is 24.9 Å². The topological polar surface area (TPSA) is 26.7 Å². The molecule has 3 atom stereocenters. The van der Waals surface area contributed by atoms with Gasteiger partial charge in [-0.25, -0.2) is 0 Å². The minimum Gasteiger partial charge on any atom is -0.388 e. The summed E-state index contributed by atoms with van der Waals surface area (Å²) < 4.78 is 0. The van der Waals surface area contributed by atoms with Crippen molar-refractivity contribution in [1.29, 1.82) is 0 Å². The average molecular weight is 377 g/mol. The van der Waals surface area contributed by atoms with Crippen molar-refractivity contribution in [3.05, 3.63) is 64.7 Å². The first-order valence-corrected chi connectivity index (χ1v) is 11.1. The number of aliphatic hydroxyl groups excluding tert-OH is 1. The maximum Gasteiger partial charge on any atom is 0.0790 e. The predicted molar refractivity (Wildman–Crippen MR) is 115 cm³/mol. The minimum atomic E-state index is -0.336. The number of fused-ring (bicyclic) bond motifs is 3. The van der Waals surface area contributed by atoms with Crippen molar-refractivity contribution in [3.8, 4) is 0 Å². The van der Waals surface area contributed by atoms with Gasteiger partial charge < -0.3 is 14.9 Å². The van der Waals surface area contributed by atoms with Crippen molar-refractivity contribution < 1.29 is 5.11 Å². The van der Waals surface area contributed by atoms with Gasteiger partial charge in [0.1, 0.15) is 0 Å². The lowest BCUT2D eigenvalue weighted by Crippen LogP contribution is -2.47. The first kappa shape index (κ1) is 18.2. The summed E-state index contributed by atoms with van der Waals surface area (Å²) in [5.74, 6) is 0.670. The maximum absolute atomic E-state index is 10.5. The molecule has 3 aliphatic rings. The lowest BCUT2D eigenvalue weighted by molar-refractivity contribution is 0.144. The Bertz CT molecular complexity index is 831. The number of hydrogen-bond donors (Lipinski definition) is 1. The predicted octanol–water partition coefficient (Wildman–Crippen LogP) is 4.43. The van der Waals surface area contributed by atoms with E-state index >= 15 is 0 Å². The van der Waals surface area contributed by atoms with Crippen molar-refractivity contribution in [2.24, 2.45) is 0 Å². The molecule has 0 radical (unpaired) electrons. The number of benzene rings is 2. The van der Waals surface area contributed by atoms with Gasteiger partial charge in [0.25, 0.3) is 0 Å². The van der Waals surface area contributed by atoms with Gasteiger partial charge in [-0.3, -0.25) is 0 Å². The Hall–Kier alpha value is -1.84. The summed E-state index contributed by atoms with van der Waals surface area (Å²) in [6.45, 7) is 6.81. The molecule has 0 unspecified atom stereocenters. The van der Waals surface area contributed by atoms with Crippen molar-refractivity contribution in [2.75, 3.05) is 31.1 Å². The lowest BCUT2D eigenvalue weighted by atomic mass is 9.88. The molecule has 1 saturated heterocycles. The highest BCUT2D eigenvalue weighted by Gasteiger charge is 2.43. The summed E-state index contributed by atoms with van der Waals surface area (Å²) in [6, 6.07) is 16.0. The maximum atomic E-state index is 10.5. The average Bonchev–Trinajstić information content (AvgIpc) is 3.04. The molecule has 2 aromatic rings. The second-order valence-corrected chi connectivity index (χ2v) is 8.98. The highest BCUT2D eigenvalue weighted by atomic mass is 16.3. The third-order valence-electron chi connectivity index (χ3n) is 7.16. The molecule has 0 saturated carbocycles. The van der Waals surface area contributed by atoms with Crippen LogP contribution in [0.4, 0.5) is 5.69 Å². The quantitative estimate of drug-likeness (QED) is 0.836. The molecular weight excluding hydrogens is 344 g/mol. The molecule has 0 amide bonds. The van der Waals surface area contributed by atoms with E-state index in [1.807, 2.05) is 0 Å². The van der Waals surface area contributed by atoms with E-state index in [4.69, 9.17) is 0 Å². The zero-order valence-electron chi connectivity index (χ0n) is 17.0. The van der Waals surface area contributed by atoms with Crippen LogP contribution in [0.25, 0.3) is 0 Å². The number of likely N-dealkylation sites (tertiary alicyclic amines) is 1. The molecular formula is C25H32N2O. The molecule has 3 aliphatic heterocycles. The fraction of sp³-hybridized carbons (Fsp3) is 0.520. The number of piperidine rings is 1. The Morgan fingerprint density at radius 2 is 1.96 bits per heavy atom. The van der Waals surface area contributed by atoms with E-state index in [1.165, 1.54) is 44.5 Å². The summed E-state index contributed by atoms with van der Waals surface area (Å²) in [5, 5.41) is 10.5. The molecule has 2 aromatic carbocycles. The van der Waals surface area contributed by atoms with E-state index in [-0.39, 0.29) is 6.10 Å². The minimum absolute atomic E-state index is 0.336. The van der Waals surface area contributed by atoms with E-state index in [2.05, 4.69) is 59.2 Å². The molecule has 0 aromatic heterocycles.